The van der Waals surface area contributed by atoms with Crippen LogP contribution in [0.25, 0.3) is 0 Å². The van der Waals surface area contributed by atoms with Gasteiger partial charge >= 0.3 is 0 Å². The van der Waals surface area contributed by atoms with Crippen molar-refractivity contribution in [2.75, 3.05) is 13.1 Å². The van der Waals surface area contributed by atoms with E-state index in [9.17, 15) is 0 Å². The van der Waals surface area contributed by atoms with Crippen molar-refractivity contribution in [3.63, 3.8) is 0 Å². The van der Waals surface area contributed by atoms with E-state index >= 15 is 0 Å². The van der Waals surface area contributed by atoms with Crippen molar-refractivity contribution in [1.29, 1.82) is 0 Å². The van der Waals surface area contributed by atoms with Gasteiger partial charge in [0.25, 0.3) is 0 Å². The number of aromatic nitrogens is 2. The van der Waals surface area contributed by atoms with Crippen molar-refractivity contribution in [2.45, 2.75) is 53.0 Å². The zero-order chi connectivity index (χ0) is 12.4. The molecule has 2 rings (SSSR count). The maximum atomic E-state index is 4.50. The average Bonchev–Trinajstić information content (AvgIpc) is 2.51. The third-order valence-electron chi connectivity index (χ3n) is 3.44. The van der Waals surface area contributed by atoms with Crippen molar-refractivity contribution in [1.82, 2.24) is 15.1 Å². The fraction of sp³-hybridized carbons (Fsp3) is 0.786. The summed E-state index contributed by atoms with van der Waals surface area (Å²) in [7, 11) is 0. The third kappa shape index (κ3) is 2.89. The first-order chi connectivity index (χ1) is 8.08. The van der Waals surface area contributed by atoms with Crippen LogP contribution in [0.2, 0.25) is 0 Å². The van der Waals surface area contributed by atoms with Crippen LogP contribution in [-0.4, -0.2) is 28.2 Å². The molecule has 2 heterocycles. The molecule has 3 nitrogen and oxygen atoms in total. The van der Waals surface area contributed by atoms with Crippen LogP contribution in [0.1, 0.15) is 57.0 Å². The Morgan fingerprint density at radius 2 is 2.06 bits per heavy atom. The quantitative estimate of drug-likeness (QED) is 0.873. The van der Waals surface area contributed by atoms with E-state index in [2.05, 4.69) is 42.8 Å². The van der Waals surface area contributed by atoms with Crippen LogP contribution in [0.5, 0.6) is 0 Å². The first-order valence-electron chi connectivity index (χ1n) is 6.86. The van der Waals surface area contributed by atoms with Crippen molar-refractivity contribution < 1.29 is 0 Å². The van der Waals surface area contributed by atoms with Gasteiger partial charge in [-0.1, -0.05) is 27.7 Å². The molecule has 0 aliphatic carbocycles. The summed E-state index contributed by atoms with van der Waals surface area (Å²) >= 11 is 0. The minimum absolute atomic E-state index is 0.522. The Morgan fingerprint density at radius 3 is 2.71 bits per heavy atom. The Morgan fingerprint density at radius 1 is 1.29 bits per heavy atom. The maximum Gasteiger partial charge on any atom is 0.0695 e. The van der Waals surface area contributed by atoms with E-state index in [1.165, 1.54) is 36.5 Å². The summed E-state index contributed by atoms with van der Waals surface area (Å²) in [6.45, 7) is 12.6. The largest absolute Gasteiger partial charge is 0.299 e. The van der Waals surface area contributed by atoms with Crippen LogP contribution in [-0.2, 0) is 13.0 Å². The number of aryl methyl sites for hydroxylation is 1. The van der Waals surface area contributed by atoms with Crippen LogP contribution in [0, 0.1) is 5.92 Å². The summed E-state index contributed by atoms with van der Waals surface area (Å²) in [5.74, 6) is 1.26. The molecule has 1 N–H and O–H groups in total. The second kappa shape index (κ2) is 5.21. The molecule has 1 aliphatic heterocycles. The van der Waals surface area contributed by atoms with Crippen LogP contribution in [0.4, 0.5) is 0 Å². The Bertz CT molecular complexity index is 366. The highest BCUT2D eigenvalue weighted by molar-refractivity contribution is 5.28. The zero-order valence-electron chi connectivity index (χ0n) is 11.6. The Hall–Kier alpha value is -0.830. The lowest BCUT2D eigenvalue weighted by Crippen LogP contribution is -2.27. The molecular formula is C14H25N3. The highest BCUT2D eigenvalue weighted by Gasteiger charge is 2.21. The van der Waals surface area contributed by atoms with Crippen LogP contribution in [0.3, 0.4) is 0 Å². The van der Waals surface area contributed by atoms with Crippen molar-refractivity contribution >= 4 is 0 Å². The molecule has 1 aromatic rings. The molecule has 0 spiro atoms. The SMILES string of the molecule is CC(C)CN1CCCc2[nH]nc(C(C)C)c2C1. The first kappa shape index (κ1) is 12.6. The van der Waals surface area contributed by atoms with Gasteiger partial charge in [0.15, 0.2) is 0 Å². The molecule has 0 radical (unpaired) electrons. The number of aromatic amines is 1. The number of hydrogen-bond donors (Lipinski definition) is 1. The van der Waals surface area contributed by atoms with E-state index < -0.39 is 0 Å². The molecule has 1 aromatic heterocycles. The lowest BCUT2D eigenvalue weighted by molar-refractivity contribution is 0.239. The summed E-state index contributed by atoms with van der Waals surface area (Å²) in [4.78, 5) is 2.58. The first-order valence-corrected chi connectivity index (χ1v) is 6.86. The summed E-state index contributed by atoms with van der Waals surface area (Å²) in [6.07, 6.45) is 2.41. The molecule has 0 aromatic carbocycles. The van der Waals surface area contributed by atoms with Crippen molar-refractivity contribution in [3.8, 4) is 0 Å². The summed E-state index contributed by atoms with van der Waals surface area (Å²) in [5.41, 5.74) is 4.12. The summed E-state index contributed by atoms with van der Waals surface area (Å²) in [5, 5.41) is 7.75. The number of hydrogen-bond acceptors (Lipinski definition) is 2. The molecule has 0 saturated carbocycles. The van der Waals surface area contributed by atoms with Gasteiger partial charge in [0.2, 0.25) is 0 Å². The zero-order valence-corrected chi connectivity index (χ0v) is 11.6. The molecule has 17 heavy (non-hydrogen) atoms. The number of H-pyrrole nitrogens is 1. The third-order valence-corrected chi connectivity index (χ3v) is 3.44. The second-order valence-corrected chi connectivity index (χ2v) is 5.95. The van der Waals surface area contributed by atoms with E-state index in [0.717, 1.165) is 18.9 Å². The predicted molar refractivity (Wildman–Crippen MR) is 71.1 cm³/mol. The molecule has 0 amide bonds. The van der Waals surface area contributed by atoms with Gasteiger partial charge in [-0.15, -0.1) is 0 Å². The predicted octanol–water partition coefficient (Wildman–Crippen LogP) is 2.94. The van der Waals surface area contributed by atoms with E-state index in [-0.39, 0.29) is 0 Å². The van der Waals surface area contributed by atoms with Gasteiger partial charge in [-0.05, 0) is 31.2 Å². The fourth-order valence-electron chi connectivity index (χ4n) is 2.73. The highest BCUT2D eigenvalue weighted by Crippen LogP contribution is 2.25. The minimum atomic E-state index is 0.522. The van der Waals surface area contributed by atoms with Crippen molar-refractivity contribution in [3.05, 3.63) is 17.0 Å². The minimum Gasteiger partial charge on any atom is -0.299 e. The molecule has 1 aliphatic rings. The van der Waals surface area contributed by atoms with Crippen molar-refractivity contribution in [2.24, 2.45) is 5.92 Å². The summed E-state index contributed by atoms with van der Waals surface area (Å²) < 4.78 is 0. The molecule has 0 atom stereocenters. The Labute approximate surface area is 105 Å². The molecule has 0 bridgehead atoms. The molecule has 96 valence electrons. The number of nitrogens with zero attached hydrogens (tertiary/aromatic N) is 2. The number of nitrogens with one attached hydrogen (secondary N) is 1. The van der Waals surface area contributed by atoms with Gasteiger partial charge in [0.1, 0.15) is 0 Å². The average molecular weight is 235 g/mol. The van der Waals surface area contributed by atoms with E-state index in [1.807, 2.05) is 0 Å². The lowest BCUT2D eigenvalue weighted by atomic mass is 10.0. The van der Waals surface area contributed by atoms with E-state index in [0.29, 0.717) is 5.92 Å². The smallest absolute Gasteiger partial charge is 0.0695 e. The van der Waals surface area contributed by atoms with E-state index in [1.54, 1.807) is 0 Å². The van der Waals surface area contributed by atoms with Gasteiger partial charge in [-0.25, -0.2) is 0 Å². The van der Waals surface area contributed by atoms with Gasteiger partial charge in [-0.3, -0.25) is 10.00 Å². The maximum absolute atomic E-state index is 4.50. The topological polar surface area (TPSA) is 31.9 Å². The van der Waals surface area contributed by atoms with Crippen LogP contribution < -0.4 is 0 Å². The number of fused-ring (bicyclic) bond motifs is 1. The Balaban J connectivity index is 2.19. The highest BCUT2D eigenvalue weighted by atomic mass is 15.2. The van der Waals surface area contributed by atoms with Gasteiger partial charge in [-0.2, -0.15) is 5.10 Å². The standard InChI is InChI=1S/C14H25N3/c1-10(2)8-17-7-5-6-13-12(9-17)14(11(3)4)16-15-13/h10-11H,5-9H2,1-4H3,(H,15,16). The normalized spacial score (nSPS) is 17.5. The van der Waals surface area contributed by atoms with E-state index in [4.69, 9.17) is 0 Å². The monoisotopic (exact) mass is 235 g/mol. The van der Waals surface area contributed by atoms with Crippen LogP contribution >= 0.6 is 0 Å². The molecule has 3 heteroatoms. The van der Waals surface area contributed by atoms with Gasteiger partial charge in [0, 0.05) is 24.3 Å². The molecule has 0 unspecified atom stereocenters. The van der Waals surface area contributed by atoms with Gasteiger partial charge < -0.3 is 0 Å². The fourth-order valence-corrected chi connectivity index (χ4v) is 2.73. The van der Waals surface area contributed by atoms with Gasteiger partial charge in [0.05, 0.1) is 5.69 Å². The summed E-state index contributed by atoms with van der Waals surface area (Å²) in [6, 6.07) is 0. The number of rotatable bonds is 3. The Kier molecular flexibility index (Phi) is 3.87. The second-order valence-electron chi connectivity index (χ2n) is 5.95. The molecule has 0 fully saturated rings. The lowest BCUT2D eigenvalue weighted by Gasteiger charge is -2.22. The molecule has 0 saturated heterocycles. The van der Waals surface area contributed by atoms with Crippen LogP contribution in [0.15, 0.2) is 0 Å². The molecular weight excluding hydrogens is 210 g/mol.